The Morgan fingerprint density at radius 1 is 1.42 bits per heavy atom. The van der Waals surface area contributed by atoms with Crippen LogP contribution in [0.2, 0.25) is 0 Å². The van der Waals surface area contributed by atoms with Crippen LogP contribution in [0.1, 0.15) is 31.5 Å². The molecule has 0 atom stereocenters. The van der Waals surface area contributed by atoms with Gasteiger partial charge in [-0.2, -0.15) is 0 Å². The summed E-state index contributed by atoms with van der Waals surface area (Å²) in [4.78, 5) is 4.55. The summed E-state index contributed by atoms with van der Waals surface area (Å²) >= 11 is 0. The van der Waals surface area contributed by atoms with E-state index in [9.17, 15) is 0 Å². The minimum absolute atomic E-state index is 0.624. The molecule has 100 valence electrons. The molecule has 0 radical (unpaired) electrons. The highest BCUT2D eigenvalue weighted by Gasteiger charge is 2.26. The van der Waals surface area contributed by atoms with Crippen LogP contribution in [0.15, 0.2) is 30.5 Å². The SMILES string of the molecule is CCOc1cccc(Nc2nc(C)cn2C2CC2)c1. The second-order valence-corrected chi connectivity index (χ2v) is 4.93. The molecule has 0 spiro atoms. The van der Waals surface area contributed by atoms with E-state index in [-0.39, 0.29) is 0 Å². The fraction of sp³-hybridized carbons (Fsp3) is 0.400. The van der Waals surface area contributed by atoms with Gasteiger partial charge >= 0.3 is 0 Å². The summed E-state index contributed by atoms with van der Waals surface area (Å²) in [5, 5.41) is 3.39. The van der Waals surface area contributed by atoms with E-state index < -0.39 is 0 Å². The van der Waals surface area contributed by atoms with Gasteiger partial charge in [-0.15, -0.1) is 0 Å². The zero-order valence-electron chi connectivity index (χ0n) is 11.4. The first-order valence-corrected chi connectivity index (χ1v) is 6.81. The molecule has 1 saturated carbocycles. The molecule has 1 aromatic heterocycles. The van der Waals surface area contributed by atoms with Crippen LogP contribution >= 0.6 is 0 Å². The minimum atomic E-state index is 0.624. The molecule has 2 aromatic rings. The zero-order valence-corrected chi connectivity index (χ0v) is 11.4. The van der Waals surface area contributed by atoms with Crippen LogP contribution in [0.3, 0.4) is 0 Å². The molecule has 0 bridgehead atoms. The van der Waals surface area contributed by atoms with Crippen molar-refractivity contribution in [1.82, 2.24) is 9.55 Å². The predicted octanol–water partition coefficient (Wildman–Crippen LogP) is 3.67. The van der Waals surface area contributed by atoms with E-state index in [1.54, 1.807) is 0 Å². The van der Waals surface area contributed by atoms with Crippen molar-refractivity contribution in [3.8, 4) is 5.75 Å². The molecule has 0 unspecified atom stereocenters. The first kappa shape index (κ1) is 12.1. The Morgan fingerprint density at radius 2 is 2.26 bits per heavy atom. The molecular formula is C15H19N3O. The molecule has 1 aliphatic carbocycles. The van der Waals surface area contributed by atoms with E-state index in [1.807, 2.05) is 38.1 Å². The number of nitrogens with one attached hydrogen (secondary N) is 1. The Kier molecular flexibility index (Phi) is 3.15. The lowest BCUT2D eigenvalue weighted by molar-refractivity contribution is 0.340. The lowest BCUT2D eigenvalue weighted by atomic mass is 10.3. The molecule has 0 amide bonds. The van der Waals surface area contributed by atoms with Crippen molar-refractivity contribution in [2.45, 2.75) is 32.7 Å². The van der Waals surface area contributed by atoms with Gasteiger partial charge < -0.3 is 14.6 Å². The average molecular weight is 257 g/mol. The standard InChI is InChI=1S/C15H19N3O/c1-3-19-14-6-4-5-12(9-14)17-15-16-11(2)10-18(15)13-7-8-13/h4-6,9-10,13H,3,7-8H2,1-2H3,(H,16,17). The fourth-order valence-electron chi connectivity index (χ4n) is 2.20. The zero-order chi connectivity index (χ0) is 13.2. The Labute approximate surface area is 113 Å². The first-order chi connectivity index (χ1) is 9.26. The summed E-state index contributed by atoms with van der Waals surface area (Å²) < 4.78 is 7.75. The van der Waals surface area contributed by atoms with E-state index in [2.05, 4.69) is 21.1 Å². The van der Waals surface area contributed by atoms with E-state index in [4.69, 9.17) is 4.74 Å². The number of rotatable bonds is 5. The summed E-state index contributed by atoms with van der Waals surface area (Å²) in [5.74, 6) is 1.81. The van der Waals surface area contributed by atoms with Crippen LogP contribution in [0, 0.1) is 6.92 Å². The first-order valence-electron chi connectivity index (χ1n) is 6.81. The quantitative estimate of drug-likeness (QED) is 0.888. The highest BCUT2D eigenvalue weighted by molar-refractivity contribution is 5.56. The Bertz CT molecular complexity index is 573. The molecular weight excluding hydrogens is 238 g/mol. The number of imidazole rings is 1. The van der Waals surface area contributed by atoms with Crippen LogP contribution < -0.4 is 10.1 Å². The summed E-state index contributed by atoms with van der Waals surface area (Å²) in [6.45, 7) is 4.70. The van der Waals surface area contributed by atoms with Gasteiger partial charge in [-0.3, -0.25) is 0 Å². The van der Waals surface area contributed by atoms with Gasteiger partial charge in [0.05, 0.1) is 12.3 Å². The smallest absolute Gasteiger partial charge is 0.207 e. The van der Waals surface area contributed by atoms with Crippen molar-refractivity contribution < 1.29 is 4.74 Å². The van der Waals surface area contributed by atoms with Crippen LogP contribution in [-0.2, 0) is 0 Å². The van der Waals surface area contributed by atoms with Crippen molar-refractivity contribution in [3.05, 3.63) is 36.2 Å². The third-order valence-electron chi connectivity index (χ3n) is 3.19. The van der Waals surface area contributed by atoms with E-state index >= 15 is 0 Å². The summed E-state index contributed by atoms with van der Waals surface area (Å²) in [6, 6.07) is 8.62. The molecule has 4 nitrogen and oxygen atoms in total. The molecule has 3 rings (SSSR count). The largest absolute Gasteiger partial charge is 0.494 e. The molecule has 1 heterocycles. The van der Waals surface area contributed by atoms with Crippen molar-refractivity contribution in [2.24, 2.45) is 0 Å². The third-order valence-corrected chi connectivity index (χ3v) is 3.19. The van der Waals surface area contributed by atoms with E-state index in [1.165, 1.54) is 12.8 Å². The topological polar surface area (TPSA) is 39.1 Å². The van der Waals surface area contributed by atoms with Gasteiger partial charge in [0, 0.05) is 24.0 Å². The molecule has 1 aliphatic rings. The lowest BCUT2D eigenvalue weighted by Gasteiger charge is -2.10. The van der Waals surface area contributed by atoms with Gasteiger partial charge in [-0.1, -0.05) is 6.07 Å². The number of aromatic nitrogens is 2. The maximum atomic E-state index is 5.51. The van der Waals surface area contributed by atoms with Crippen molar-refractivity contribution in [2.75, 3.05) is 11.9 Å². The summed E-state index contributed by atoms with van der Waals surface area (Å²) in [6.07, 6.45) is 4.62. The molecule has 19 heavy (non-hydrogen) atoms. The van der Waals surface area contributed by atoms with Crippen molar-refractivity contribution in [3.63, 3.8) is 0 Å². The molecule has 4 heteroatoms. The molecule has 1 fully saturated rings. The fourth-order valence-corrected chi connectivity index (χ4v) is 2.20. The minimum Gasteiger partial charge on any atom is -0.494 e. The van der Waals surface area contributed by atoms with Gasteiger partial charge in [0.25, 0.3) is 0 Å². The Morgan fingerprint density at radius 3 is 3.00 bits per heavy atom. The highest BCUT2D eigenvalue weighted by atomic mass is 16.5. The van der Waals surface area contributed by atoms with Crippen molar-refractivity contribution in [1.29, 1.82) is 0 Å². The number of hydrogen-bond donors (Lipinski definition) is 1. The molecule has 1 aromatic carbocycles. The average Bonchev–Trinajstić information content (AvgIpc) is 3.15. The number of anilines is 2. The van der Waals surface area contributed by atoms with Crippen LogP contribution in [0.5, 0.6) is 5.75 Å². The Hall–Kier alpha value is -1.97. The van der Waals surface area contributed by atoms with Crippen LogP contribution in [-0.4, -0.2) is 16.2 Å². The second kappa shape index (κ2) is 4.96. The Balaban J connectivity index is 1.82. The summed E-state index contributed by atoms with van der Waals surface area (Å²) in [7, 11) is 0. The molecule has 0 saturated heterocycles. The highest BCUT2D eigenvalue weighted by Crippen LogP contribution is 2.38. The van der Waals surface area contributed by atoms with Gasteiger partial charge in [0.1, 0.15) is 5.75 Å². The second-order valence-electron chi connectivity index (χ2n) is 4.93. The number of benzene rings is 1. The van der Waals surface area contributed by atoms with Crippen LogP contribution in [0.25, 0.3) is 0 Å². The third kappa shape index (κ3) is 2.72. The van der Waals surface area contributed by atoms with Gasteiger partial charge in [-0.25, -0.2) is 4.98 Å². The normalized spacial score (nSPS) is 14.4. The van der Waals surface area contributed by atoms with Gasteiger partial charge in [0.2, 0.25) is 5.95 Å². The number of hydrogen-bond acceptors (Lipinski definition) is 3. The van der Waals surface area contributed by atoms with Crippen molar-refractivity contribution >= 4 is 11.6 Å². The van der Waals surface area contributed by atoms with Gasteiger partial charge in [-0.05, 0) is 38.8 Å². The van der Waals surface area contributed by atoms with Gasteiger partial charge in [0.15, 0.2) is 0 Å². The number of nitrogens with zero attached hydrogens (tertiary/aromatic N) is 2. The number of ether oxygens (including phenoxy) is 1. The van der Waals surface area contributed by atoms with Crippen LogP contribution in [0.4, 0.5) is 11.6 Å². The van der Waals surface area contributed by atoms with E-state index in [0.717, 1.165) is 23.1 Å². The lowest BCUT2D eigenvalue weighted by Crippen LogP contribution is -2.01. The maximum Gasteiger partial charge on any atom is 0.207 e. The van der Waals surface area contributed by atoms with E-state index in [0.29, 0.717) is 12.6 Å². The predicted molar refractivity (Wildman–Crippen MR) is 76.1 cm³/mol. The monoisotopic (exact) mass is 257 g/mol. The molecule has 1 N–H and O–H groups in total. The molecule has 0 aliphatic heterocycles. The summed E-state index contributed by atoms with van der Waals surface area (Å²) in [5.41, 5.74) is 2.06. The number of aryl methyl sites for hydroxylation is 1. The maximum absolute atomic E-state index is 5.51.